The quantitative estimate of drug-likeness (QED) is 0.760. The molecule has 0 aromatic rings. The van der Waals surface area contributed by atoms with Crippen molar-refractivity contribution in [2.24, 2.45) is 11.7 Å². The fourth-order valence-electron chi connectivity index (χ4n) is 1.86. The lowest BCUT2D eigenvalue weighted by molar-refractivity contribution is -0.125. The number of ether oxygens (including phenoxy) is 1. The number of amides is 2. The van der Waals surface area contributed by atoms with Gasteiger partial charge in [0.1, 0.15) is 6.10 Å². The second-order valence-electron chi connectivity index (χ2n) is 4.57. The monoisotopic (exact) mass is 228 g/mol. The van der Waals surface area contributed by atoms with Crippen molar-refractivity contribution < 1.29 is 14.3 Å². The second kappa shape index (κ2) is 5.72. The summed E-state index contributed by atoms with van der Waals surface area (Å²) in [6.07, 6.45) is 2.43. The van der Waals surface area contributed by atoms with E-state index in [-0.39, 0.29) is 24.0 Å². The summed E-state index contributed by atoms with van der Waals surface area (Å²) in [6, 6.07) is 0.211. The zero-order valence-electron chi connectivity index (χ0n) is 9.86. The van der Waals surface area contributed by atoms with Crippen LogP contribution >= 0.6 is 0 Å². The van der Waals surface area contributed by atoms with Crippen molar-refractivity contribution in [3.05, 3.63) is 0 Å². The van der Waals surface area contributed by atoms with Crippen LogP contribution in [0.4, 0.5) is 4.79 Å². The summed E-state index contributed by atoms with van der Waals surface area (Å²) in [5.74, 6) is 0.0962. The van der Waals surface area contributed by atoms with Crippen molar-refractivity contribution >= 4 is 12.0 Å². The molecule has 16 heavy (non-hydrogen) atoms. The molecule has 3 N–H and O–H groups in total. The number of hydrogen-bond donors (Lipinski definition) is 2. The van der Waals surface area contributed by atoms with Gasteiger partial charge in [0.25, 0.3) is 0 Å². The SMILES string of the molecule is CC(C)C(=O)N[C@H]1CC[C@@H](OC(N)=O)CC1. The van der Waals surface area contributed by atoms with Gasteiger partial charge in [-0.1, -0.05) is 13.8 Å². The molecular weight excluding hydrogens is 208 g/mol. The molecule has 0 radical (unpaired) electrons. The molecule has 0 unspecified atom stereocenters. The predicted molar refractivity (Wildman–Crippen MR) is 59.7 cm³/mol. The van der Waals surface area contributed by atoms with E-state index in [1.165, 1.54) is 0 Å². The molecule has 0 aromatic carbocycles. The largest absolute Gasteiger partial charge is 0.446 e. The first kappa shape index (κ1) is 12.8. The van der Waals surface area contributed by atoms with Crippen LogP contribution in [-0.4, -0.2) is 24.1 Å². The molecule has 0 atom stereocenters. The maximum atomic E-state index is 11.5. The zero-order chi connectivity index (χ0) is 12.1. The maximum absolute atomic E-state index is 11.5. The number of rotatable bonds is 3. The average molecular weight is 228 g/mol. The topological polar surface area (TPSA) is 81.4 Å². The molecule has 1 aliphatic carbocycles. The smallest absolute Gasteiger partial charge is 0.404 e. The molecule has 1 rings (SSSR count). The van der Waals surface area contributed by atoms with Crippen molar-refractivity contribution in [3.8, 4) is 0 Å². The molecule has 1 aliphatic rings. The van der Waals surface area contributed by atoms with E-state index in [0.717, 1.165) is 25.7 Å². The van der Waals surface area contributed by atoms with E-state index in [0.29, 0.717) is 0 Å². The first-order chi connectivity index (χ1) is 7.49. The molecule has 0 saturated heterocycles. The van der Waals surface area contributed by atoms with Gasteiger partial charge in [0.2, 0.25) is 5.91 Å². The molecule has 0 bridgehead atoms. The lowest BCUT2D eigenvalue weighted by Crippen LogP contribution is -2.41. The van der Waals surface area contributed by atoms with Crippen LogP contribution in [0.25, 0.3) is 0 Å². The van der Waals surface area contributed by atoms with Crippen LogP contribution < -0.4 is 11.1 Å². The van der Waals surface area contributed by atoms with E-state index in [2.05, 4.69) is 5.32 Å². The Labute approximate surface area is 95.7 Å². The van der Waals surface area contributed by atoms with Gasteiger partial charge < -0.3 is 15.8 Å². The summed E-state index contributed by atoms with van der Waals surface area (Å²) in [6.45, 7) is 3.74. The lowest BCUT2D eigenvalue weighted by atomic mass is 9.92. The van der Waals surface area contributed by atoms with E-state index >= 15 is 0 Å². The highest BCUT2D eigenvalue weighted by atomic mass is 16.6. The molecule has 1 fully saturated rings. The summed E-state index contributed by atoms with van der Waals surface area (Å²) in [5.41, 5.74) is 4.95. The highest BCUT2D eigenvalue weighted by Crippen LogP contribution is 2.21. The summed E-state index contributed by atoms with van der Waals surface area (Å²) in [4.78, 5) is 22.0. The van der Waals surface area contributed by atoms with E-state index in [1.807, 2.05) is 13.8 Å². The highest BCUT2D eigenvalue weighted by molar-refractivity contribution is 5.78. The van der Waals surface area contributed by atoms with Crippen LogP contribution in [-0.2, 0) is 9.53 Å². The Kier molecular flexibility index (Phi) is 4.58. The minimum Gasteiger partial charge on any atom is -0.446 e. The van der Waals surface area contributed by atoms with Crippen molar-refractivity contribution in [3.63, 3.8) is 0 Å². The maximum Gasteiger partial charge on any atom is 0.404 e. The molecular formula is C11H20N2O3. The van der Waals surface area contributed by atoms with Crippen LogP contribution in [0.5, 0.6) is 0 Å². The Bertz CT molecular complexity index is 258. The molecule has 0 heterocycles. The van der Waals surface area contributed by atoms with Crippen LogP contribution in [0.3, 0.4) is 0 Å². The number of nitrogens with one attached hydrogen (secondary N) is 1. The molecule has 92 valence electrons. The van der Waals surface area contributed by atoms with E-state index < -0.39 is 6.09 Å². The predicted octanol–water partition coefficient (Wildman–Crippen LogP) is 1.17. The number of primary amides is 1. The van der Waals surface area contributed by atoms with Crippen LogP contribution in [0.15, 0.2) is 0 Å². The second-order valence-corrected chi connectivity index (χ2v) is 4.57. The van der Waals surface area contributed by atoms with Crippen LogP contribution in [0.1, 0.15) is 39.5 Å². The van der Waals surface area contributed by atoms with E-state index in [9.17, 15) is 9.59 Å². The van der Waals surface area contributed by atoms with Crippen molar-refractivity contribution in [1.29, 1.82) is 0 Å². The molecule has 1 saturated carbocycles. The summed E-state index contributed by atoms with van der Waals surface area (Å²) in [7, 11) is 0. The number of carbonyl (C=O) groups excluding carboxylic acids is 2. The molecule has 2 amide bonds. The Morgan fingerprint density at radius 1 is 1.25 bits per heavy atom. The van der Waals surface area contributed by atoms with Crippen molar-refractivity contribution in [2.75, 3.05) is 0 Å². The number of carbonyl (C=O) groups is 2. The van der Waals surface area contributed by atoms with Crippen LogP contribution in [0.2, 0.25) is 0 Å². The number of nitrogens with two attached hydrogens (primary N) is 1. The molecule has 0 spiro atoms. The Balaban J connectivity index is 2.27. The molecule has 0 aliphatic heterocycles. The van der Waals surface area contributed by atoms with E-state index in [1.54, 1.807) is 0 Å². The minimum atomic E-state index is -0.713. The third kappa shape index (κ3) is 4.08. The Morgan fingerprint density at radius 2 is 1.81 bits per heavy atom. The molecule has 0 aromatic heterocycles. The molecule has 5 heteroatoms. The fourth-order valence-corrected chi connectivity index (χ4v) is 1.86. The van der Waals surface area contributed by atoms with Gasteiger partial charge >= 0.3 is 6.09 Å². The first-order valence-electron chi connectivity index (χ1n) is 5.75. The van der Waals surface area contributed by atoms with E-state index in [4.69, 9.17) is 10.5 Å². The summed E-state index contributed by atoms with van der Waals surface area (Å²) < 4.78 is 4.92. The van der Waals surface area contributed by atoms with Crippen LogP contribution in [0, 0.1) is 5.92 Å². The summed E-state index contributed by atoms with van der Waals surface area (Å²) in [5, 5.41) is 2.98. The van der Waals surface area contributed by atoms with Gasteiger partial charge in [-0.25, -0.2) is 4.79 Å². The normalized spacial score (nSPS) is 25.2. The van der Waals surface area contributed by atoms with Gasteiger partial charge in [-0.2, -0.15) is 0 Å². The van der Waals surface area contributed by atoms with Gasteiger partial charge in [-0.15, -0.1) is 0 Å². The lowest BCUT2D eigenvalue weighted by Gasteiger charge is -2.28. The zero-order valence-corrected chi connectivity index (χ0v) is 9.86. The standard InChI is InChI=1S/C11H20N2O3/c1-7(2)10(14)13-8-3-5-9(6-4-8)16-11(12)15/h7-9H,3-6H2,1-2H3,(H2,12,15)(H,13,14)/t8-,9+. The van der Waals surface area contributed by atoms with Gasteiger partial charge in [0.15, 0.2) is 0 Å². The third-order valence-electron chi connectivity index (χ3n) is 2.83. The van der Waals surface area contributed by atoms with Gasteiger partial charge in [-0.05, 0) is 25.7 Å². The molecule has 5 nitrogen and oxygen atoms in total. The van der Waals surface area contributed by atoms with Gasteiger partial charge in [0, 0.05) is 12.0 Å². The van der Waals surface area contributed by atoms with Gasteiger partial charge in [-0.3, -0.25) is 4.79 Å². The highest BCUT2D eigenvalue weighted by Gasteiger charge is 2.24. The van der Waals surface area contributed by atoms with Crippen molar-refractivity contribution in [2.45, 2.75) is 51.7 Å². The van der Waals surface area contributed by atoms with Crippen molar-refractivity contribution in [1.82, 2.24) is 5.32 Å². The Morgan fingerprint density at radius 3 is 2.25 bits per heavy atom. The van der Waals surface area contributed by atoms with Gasteiger partial charge in [0.05, 0.1) is 0 Å². The Hall–Kier alpha value is -1.26. The fraction of sp³-hybridized carbons (Fsp3) is 0.818. The average Bonchev–Trinajstić information content (AvgIpc) is 2.20. The summed E-state index contributed by atoms with van der Waals surface area (Å²) >= 11 is 0. The first-order valence-corrected chi connectivity index (χ1v) is 5.75. The number of hydrogen-bond acceptors (Lipinski definition) is 3. The third-order valence-corrected chi connectivity index (χ3v) is 2.83. The minimum absolute atomic E-state index is 0.0135.